The molecule has 4 rings (SSSR count). The number of hydrogen-bond donors (Lipinski definition) is 3. The van der Waals surface area contributed by atoms with Crippen molar-refractivity contribution in [2.45, 2.75) is 77.0 Å². The summed E-state index contributed by atoms with van der Waals surface area (Å²) < 4.78 is 5.56. The van der Waals surface area contributed by atoms with Crippen LogP contribution in [0.25, 0.3) is 6.08 Å². The van der Waals surface area contributed by atoms with Crippen molar-refractivity contribution < 1.29 is 24.5 Å². The fourth-order valence-corrected chi connectivity index (χ4v) is 6.02. The fourth-order valence-electron chi connectivity index (χ4n) is 6.02. The van der Waals surface area contributed by atoms with Crippen LogP contribution in [0.2, 0.25) is 0 Å². The maximum absolute atomic E-state index is 12.7. The number of phenolic OH excluding ortho intramolecular Hbond substituents is 1. The summed E-state index contributed by atoms with van der Waals surface area (Å²) >= 11 is 0. The number of fused-ring (bicyclic) bond motifs is 1. The molecule has 3 aromatic rings. The number of carbonyl (C=O) groups excluding carboxylic acids is 2. The Morgan fingerprint density at radius 2 is 1.88 bits per heavy atom. The zero-order chi connectivity index (χ0) is 30.1. The summed E-state index contributed by atoms with van der Waals surface area (Å²) in [5.41, 5.74) is 9.11. The Morgan fingerprint density at radius 3 is 2.60 bits per heavy atom. The van der Waals surface area contributed by atoms with Gasteiger partial charge in [-0.3, -0.25) is 9.59 Å². The van der Waals surface area contributed by atoms with Crippen molar-refractivity contribution >= 4 is 23.5 Å². The topological polar surface area (TPSA) is 137 Å². The lowest BCUT2D eigenvalue weighted by Crippen LogP contribution is -2.37. The van der Waals surface area contributed by atoms with E-state index in [1.807, 2.05) is 36.4 Å². The van der Waals surface area contributed by atoms with Crippen LogP contribution in [0.15, 0.2) is 48.8 Å². The number of ether oxygens (including phenoxy) is 1. The van der Waals surface area contributed by atoms with Gasteiger partial charge in [0.25, 0.3) is 0 Å². The third-order valence-electron chi connectivity index (χ3n) is 8.28. The van der Waals surface area contributed by atoms with Crippen LogP contribution in [-0.4, -0.2) is 40.5 Å². The number of aromatic nitrogens is 2. The molecule has 0 saturated heterocycles. The highest BCUT2D eigenvalue weighted by atomic mass is 16.5. The molecular weight excluding hydrogens is 530 g/mol. The number of Topliss-reactive ketones (excluding diaryl/α,β-unsaturated/α-hetero) is 2. The molecule has 1 aliphatic rings. The molecule has 224 valence electrons. The molecule has 1 aromatic carbocycles. The normalized spacial score (nSPS) is 17.6. The summed E-state index contributed by atoms with van der Waals surface area (Å²) in [6.07, 6.45) is 13.8. The molecule has 0 saturated carbocycles. The van der Waals surface area contributed by atoms with E-state index in [1.165, 1.54) is 13.5 Å². The molecular formula is C34H42N3O5-. The molecule has 2 atom stereocenters. The van der Waals surface area contributed by atoms with Gasteiger partial charge in [-0.25, -0.2) is 4.98 Å². The lowest BCUT2D eigenvalue weighted by atomic mass is 9.63. The zero-order valence-corrected chi connectivity index (χ0v) is 24.6. The minimum atomic E-state index is -0.845. The number of benzene rings is 1. The van der Waals surface area contributed by atoms with Gasteiger partial charge >= 0.3 is 0 Å². The lowest BCUT2D eigenvalue weighted by Gasteiger charge is -2.42. The van der Waals surface area contributed by atoms with Crippen LogP contribution in [0.4, 0.5) is 5.82 Å². The molecule has 0 unspecified atom stereocenters. The number of methoxy groups -OCH3 is 1. The van der Waals surface area contributed by atoms with E-state index >= 15 is 0 Å². The first kappa shape index (κ1) is 31.0. The summed E-state index contributed by atoms with van der Waals surface area (Å²) in [5, 5.41) is 22.3. The summed E-state index contributed by atoms with van der Waals surface area (Å²) in [7, 11) is 1.48. The van der Waals surface area contributed by atoms with Gasteiger partial charge in [0.05, 0.1) is 20.1 Å². The Balaban J connectivity index is 1.62. The molecule has 0 amide bonds. The lowest BCUT2D eigenvalue weighted by molar-refractivity contribution is -0.127. The first-order valence-electron chi connectivity index (χ1n) is 14.9. The van der Waals surface area contributed by atoms with Crippen molar-refractivity contribution in [1.82, 2.24) is 9.97 Å². The number of nitrogens with zero attached hydrogens (tertiary/aromatic N) is 2. The number of phenols is 1. The van der Waals surface area contributed by atoms with Crippen LogP contribution in [0.3, 0.4) is 0 Å². The Bertz CT molecular complexity index is 1400. The standard InChI is InChI=1S/C34H42N3O5/c1-3-4-5-6-7-10-25(39)20-26(40)12-11-23-18-29(32(41)30(19-23)42-2)31-27-14-17-37-33(35)28(27)13-15-34(31,22-38)21-24-9-8-16-36-24/h8-9,13-19,31,38,41H,3-7,10-12,20-22H2,1-2H3,(H2,35,37)/q-1/t31-,34-/m0/s1. The Hall–Kier alpha value is -3.91. The summed E-state index contributed by atoms with van der Waals surface area (Å²) in [6.45, 7) is 1.94. The second kappa shape index (κ2) is 14.3. The van der Waals surface area contributed by atoms with Crippen LogP contribution < -0.4 is 15.5 Å². The molecule has 2 heterocycles. The van der Waals surface area contributed by atoms with Gasteiger partial charge in [0.2, 0.25) is 0 Å². The number of carbonyl (C=O) groups is 2. The maximum Gasteiger partial charge on any atom is 0.161 e. The van der Waals surface area contributed by atoms with Gasteiger partial charge in [-0.2, -0.15) is 11.9 Å². The molecule has 0 spiro atoms. The van der Waals surface area contributed by atoms with E-state index in [0.717, 1.165) is 48.1 Å². The van der Waals surface area contributed by atoms with Gasteiger partial charge < -0.3 is 25.7 Å². The van der Waals surface area contributed by atoms with Crippen LogP contribution in [0, 0.1) is 5.41 Å². The van der Waals surface area contributed by atoms with E-state index < -0.39 is 11.3 Å². The molecule has 0 fully saturated rings. The molecule has 42 heavy (non-hydrogen) atoms. The average Bonchev–Trinajstić information content (AvgIpc) is 3.49. The Kier molecular flexibility index (Phi) is 10.6. The summed E-state index contributed by atoms with van der Waals surface area (Å²) in [5.74, 6) is -0.0291. The number of nitrogens with two attached hydrogens (primary N) is 1. The van der Waals surface area contributed by atoms with Crippen LogP contribution in [-0.2, 0) is 22.4 Å². The number of ketones is 2. The monoisotopic (exact) mass is 572 g/mol. The number of aliphatic hydroxyl groups is 1. The van der Waals surface area contributed by atoms with E-state index in [-0.39, 0.29) is 42.5 Å². The largest absolute Gasteiger partial charge is 0.668 e. The van der Waals surface area contributed by atoms with Crippen LogP contribution >= 0.6 is 0 Å². The quantitative estimate of drug-likeness (QED) is 0.150. The van der Waals surface area contributed by atoms with Crippen LogP contribution in [0.1, 0.15) is 92.2 Å². The molecule has 8 nitrogen and oxygen atoms in total. The van der Waals surface area contributed by atoms with Crippen molar-refractivity contribution in [2.24, 2.45) is 5.41 Å². The minimum absolute atomic E-state index is 0.00822. The van der Waals surface area contributed by atoms with Gasteiger partial charge in [0, 0.05) is 41.5 Å². The molecule has 8 heteroatoms. The molecule has 0 aliphatic heterocycles. The predicted octanol–water partition coefficient (Wildman–Crippen LogP) is 5.54. The zero-order valence-electron chi connectivity index (χ0n) is 24.6. The van der Waals surface area contributed by atoms with Gasteiger partial charge in [-0.15, -0.1) is 0 Å². The van der Waals surface area contributed by atoms with E-state index in [1.54, 1.807) is 18.5 Å². The van der Waals surface area contributed by atoms with Gasteiger partial charge in [0.15, 0.2) is 11.5 Å². The summed E-state index contributed by atoms with van der Waals surface area (Å²) in [4.78, 5) is 33.8. The van der Waals surface area contributed by atoms with Gasteiger partial charge in [-0.05, 0) is 42.5 Å². The van der Waals surface area contributed by atoms with Crippen molar-refractivity contribution in [2.75, 3.05) is 19.5 Å². The highest BCUT2D eigenvalue weighted by Crippen LogP contribution is 2.53. The number of nitrogen functional groups attached to an aromatic ring is 1. The van der Waals surface area contributed by atoms with Crippen molar-refractivity contribution in [3.8, 4) is 11.5 Å². The second-order valence-electron chi connectivity index (χ2n) is 11.3. The molecule has 2 aromatic heterocycles. The smallest absolute Gasteiger partial charge is 0.161 e. The second-order valence-corrected chi connectivity index (χ2v) is 11.3. The molecule has 1 aliphatic carbocycles. The third kappa shape index (κ3) is 7.10. The first-order valence-corrected chi connectivity index (χ1v) is 14.9. The molecule has 4 N–H and O–H groups in total. The van der Waals surface area contributed by atoms with E-state index in [4.69, 9.17) is 10.5 Å². The van der Waals surface area contributed by atoms with E-state index in [9.17, 15) is 19.8 Å². The number of aryl methyl sites for hydroxylation is 1. The predicted molar refractivity (Wildman–Crippen MR) is 163 cm³/mol. The van der Waals surface area contributed by atoms with Crippen LogP contribution in [0.5, 0.6) is 11.5 Å². The number of unbranched alkanes of at least 4 members (excludes halogenated alkanes) is 4. The van der Waals surface area contributed by atoms with E-state index in [2.05, 4.69) is 16.9 Å². The summed E-state index contributed by atoms with van der Waals surface area (Å²) in [6, 6.07) is 9.22. The molecule has 0 radical (unpaired) electrons. The number of pyridine rings is 1. The highest BCUT2D eigenvalue weighted by Gasteiger charge is 2.43. The number of aliphatic hydroxyl groups excluding tert-OH is 1. The van der Waals surface area contributed by atoms with Gasteiger partial charge in [-0.1, -0.05) is 63.0 Å². The Labute approximate surface area is 248 Å². The fraction of sp³-hybridized carbons (Fsp3) is 0.441. The number of hydrogen-bond acceptors (Lipinski definition) is 7. The SMILES string of the molecule is CCCCCCCC(=O)CC(=O)CCc1cc(OC)c(O)c([C@@H]2c3ccnc(N)c3C=C[C@@]2(CO)Cc2ccc[n-]2)c1. The minimum Gasteiger partial charge on any atom is -0.668 e. The third-order valence-corrected chi connectivity index (χ3v) is 8.28. The number of anilines is 1. The molecule has 0 bridgehead atoms. The van der Waals surface area contributed by atoms with E-state index in [0.29, 0.717) is 30.6 Å². The van der Waals surface area contributed by atoms with Crippen molar-refractivity contribution in [3.63, 3.8) is 0 Å². The highest BCUT2D eigenvalue weighted by molar-refractivity contribution is 5.99. The maximum atomic E-state index is 12.7. The van der Waals surface area contributed by atoms with Gasteiger partial charge in [0.1, 0.15) is 17.4 Å². The number of rotatable bonds is 16. The average molecular weight is 573 g/mol. The van der Waals surface area contributed by atoms with Crippen molar-refractivity contribution in [1.29, 1.82) is 0 Å². The Morgan fingerprint density at radius 1 is 1.10 bits per heavy atom. The number of aromatic hydroxyl groups is 1. The first-order chi connectivity index (χ1) is 20.3. The van der Waals surface area contributed by atoms with Crippen molar-refractivity contribution in [3.05, 3.63) is 76.7 Å².